The second-order valence-electron chi connectivity index (χ2n) is 5.87. The summed E-state index contributed by atoms with van der Waals surface area (Å²) in [5.41, 5.74) is 4.35. The SMILES string of the molecule is Cc1cc(C)c(NC(=O)COC(=O)c2cccc(C)c2O)c(C)c1. The Morgan fingerprint density at radius 2 is 1.67 bits per heavy atom. The van der Waals surface area contributed by atoms with Crippen molar-refractivity contribution in [2.75, 3.05) is 11.9 Å². The summed E-state index contributed by atoms with van der Waals surface area (Å²) in [5.74, 6) is -1.29. The van der Waals surface area contributed by atoms with E-state index in [9.17, 15) is 14.7 Å². The predicted octanol–water partition coefficient (Wildman–Crippen LogP) is 3.42. The third-order valence-electron chi connectivity index (χ3n) is 3.73. The summed E-state index contributed by atoms with van der Waals surface area (Å²) in [6, 6.07) is 8.72. The van der Waals surface area contributed by atoms with Crippen molar-refractivity contribution in [1.29, 1.82) is 0 Å². The minimum absolute atomic E-state index is 0.0468. The molecule has 0 atom stereocenters. The lowest BCUT2D eigenvalue weighted by Gasteiger charge is -2.13. The zero-order valence-electron chi connectivity index (χ0n) is 14.3. The summed E-state index contributed by atoms with van der Waals surface area (Å²) in [7, 11) is 0. The highest BCUT2D eigenvalue weighted by Gasteiger charge is 2.16. The van der Waals surface area contributed by atoms with E-state index in [0.717, 1.165) is 22.4 Å². The van der Waals surface area contributed by atoms with Crippen LogP contribution >= 0.6 is 0 Å². The zero-order valence-corrected chi connectivity index (χ0v) is 14.3. The quantitative estimate of drug-likeness (QED) is 0.844. The Morgan fingerprint density at radius 1 is 1.04 bits per heavy atom. The van der Waals surface area contributed by atoms with E-state index in [-0.39, 0.29) is 11.3 Å². The van der Waals surface area contributed by atoms with Gasteiger partial charge in [0, 0.05) is 5.69 Å². The number of phenolic OH excluding ortho intramolecular Hbond substituents is 1. The molecule has 0 heterocycles. The van der Waals surface area contributed by atoms with Crippen LogP contribution in [0.5, 0.6) is 5.75 Å². The fourth-order valence-electron chi connectivity index (χ4n) is 2.59. The first-order valence-corrected chi connectivity index (χ1v) is 7.63. The molecule has 0 saturated carbocycles. The van der Waals surface area contributed by atoms with Crippen molar-refractivity contribution in [1.82, 2.24) is 0 Å². The number of carbonyl (C=O) groups is 2. The maximum Gasteiger partial charge on any atom is 0.342 e. The van der Waals surface area contributed by atoms with Crippen LogP contribution in [-0.4, -0.2) is 23.6 Å². The molecule has 2 N–H and O–H groups in total. The van der Waals surface area contributed by atoms with Gasteiger partial charge in [-0.05, 0) is 50.5 Å². The molecular weight excluding hydrogens is 306 g/mol. The molecular formula is C19H21NO4. The number of benzene rings is 2. The van der Waals surface area contributed by atoms with Gasteiger partial charge in [0.25, 0.3) is 5.91 Å². The van der Waals surface area contributed by atoms with Crippen molar-refractivity contribution >= 4 is 17.6 Å². The first-order chi connectivity index (χ1) is 11.3. The van der Waals surface area contributed by atoms with Crippen molar-refractivity contribution in [2.24, 2.45) is 0 Å². The fourth-order valence-corrected chi connectivity index (χ4v) is 2.59. The van der Waals surface area contributed by atoms with Gasteiger partial charge in [-0.15, -0.1) is 0 Å². The molecule has 0 aromatic heterocycles. The molecule has 2 rings (SSSR count). The molecule has 2 aromatic rings. The summed E-state index contributed by atoms with van der Waals surface area (Å²) in [6.45, 7) is 7.07. The van der Waals surface area contributed by atoms with Crippen LogP contribution in [0.3, 0.4) is 0 Å². The Bertz CT molecular complexity index is 773. The molecule has 0 radical (unpaired) electrons. The van der Waals surface area contributed by atoms with Gasteiger partial charge in [-0.3, -0.25) is 4.79 Å². The molecule has 0 aliphatic rings. The van der Waals surface area contributed by atoms with Crippen LogP contribution in [0.1, 0.15) is 32.6 Å². The maximum absolute atomic E-state index is 12.0. The van der Waals surface area contributed by atoms with Gasteiger partial charge in [-0.1, -0.05) is 29.8 Å². The Hall–Kier alpha value is -2.82. The van der Waals surface area contributed by atoms with Crippen LogP contribution in [0.2, 0.25) is 0 Å². The van der Waals surface area contributed by atoms with Crippen LogP contribution in [0.15, 0.2) is 30.3 Å². The highest BCUT2D eigenvalue weighted by atomic mass is 16.5. The Balaban J connectivity index is 2.01. The number of aryl methyl sites for hydroxylation is 4. The van der Waals surface area contributed by atoms with Crippen LogP contribution in [0.25, 0.3) is 0 Å². The van der Waals surface area contributed by atoms with Crippen molar-refractivity contribution in [3.8, 4) is 5.75 Å². The predicted molar refractivity (Wildman–Crippen MR) is 92.4 cm³/mol. The average Bonchev–Trinajstić information content (AvgIpc) is 2.51. The average molecular weight is 327 g/mol. The molecule has 5 heteroatoms. The van der Waals surface area contributed by atoms with E-state index >= 15 is 0 Å². The van der Waals surface area contributed by atoms with Gasteiger partial charge >= 0.3 is 5.97 Å². The number of hydrogen-bond acceptors (Lipinski definition) is 4. The van der Waals surface area contributed by atoms with E-state index in [1.807, 2.05) is 32.9 Å². The number of rotatable bonds is 4. The van der Waals surface area contributed by atoms with E-state index in [0.29, 0.717) is 5.56 Å². The molecule has 0 unspecified atom stereocenters. The smallest absolute Gasteiger partial charge is 0.342 e. The van der Waals surface area contributed by atoms with Crippen molar-refractivity contribution in [3.05, 3.63) is 58.1 Å². The van der Waals surface area contributed by atoms with Crippen LogP contribution < -0.4 is 5.32 Å². The summed E-state index contributed by atoms with van der Waals surface area (Å²) in [5, 5.41) is 12.6. The normalized spacial score (nSPS) is 10.3. The summed E-state index contributed by atoms with van der Waals surface area (Å²) in [6.07, 6.45) is 0. The Kier molecular flexibility index (Phi) is 5.24. The monoisotopic (exact) mass is 327 g/mol. The number of carbonyl (C=O) groups excluding carboxylic acids is 2. The fraction of sp³-hybridized carbons (Fsp3) is 0.263. The van der Waals surface area contributed by atoms with Crippen LogP contribution in [-0.2, 0) is 9.53 Å². The molecule has 0 aliphatic heterocycles. The van der Waals surface area contributed by atoms with Crippen LogP contribution in [0, 0.1) is 27.7 Å². The van der Waals surface area contributed by atoms with E-state index < -0.39 is 18.5 Å². The molecule has 0 bridgehead atoms. The van der Waals surface area contributed by atoms with Gasteiger partial charge in [-0.25, -0.2) is 4.79 Å². The van der Waals surface area contributed by atoms with E-state index in [2.05, 4.69) is 5.32 Å². The van der Waals surface area contributed by atoms with Gasteiger partial charge in [0.05, 0.1) is 0 Å². The molecule has 126 valence electrons. The lowest BCUT2D eigenvalue weighted by molar-refractivity contribution is -0.119. The first-order valence-electron chi connectivity index (χ1n) is 7.63. The Labute approximate surface area is 141 Å². The minimum Gasteiger partial charge on any atom is -0.507 e. The molecule has 5 nitrogen and oxygen atoms in total. The van der Waals surface area contributed by atoms with Gasteiger partial charge in [0.1, 0.15) is 11.3 Å². The molecule has 0 saturated heterocycles. The molecule has 2 aromatic carbocycles. The molecule has 0 fully saturated rings. The number of hydrogen-bond donors (Lipinski definition) is 2. The number of nitrogens with one attached hydrogen (secondary N) is 1. The van der Waals surface area contributed by atoms with Crippen molar-refractivity contribution < 1.29 is 19.4 Å². The summed E-state index contributed by atoms with van der Waals surface area (Å²) >= 11 is 0. The number of aromatic hydroxyl groups is 1. The number of amides is 1. The number of esters is 1. The zero-order chi connectivity index (χ0) is 17.9. The highest BCUT2D eigenvalue weighted by molar-refractivity contribution is 5.97. The summed E-state index contributed by atoms with van der Waals surface area (Å²) < 4.78 is 4.99. The van der Waals surface area contributed by atoms with E-state index in [4.69, 9.17) is 4.74 Å². The second-order valence-corrected chi connectivity index (χ2v) is 5.87. The molecule has 1 amide bonds. The number of phenols is 1. The molecule has 0 aliphatic carbocycles. The number of ether oxygens (including phenoxy) is 1. The largest absolute Gasteiger partial charge is 0.507 e. The third kappa shape index (κ3) is 3.93. The molecule has 24 heavy (non-hydrogen) atoms. The van der Waals surface area contributed by atoms with Crippen LogP contribution in [0.4, 0.5) is 5.69 Å². The van der Waals surface area contributed by atoms with Crippen molar-refractivity contribution in [2.45, 2.75) is 27.7 Å². The lowest BCUT2D eigenvalue weighted by atomic mass is 10.1. The standard InChI is InChI=1S/C19H21NO4/c1-11-8-13(3)17(14(4)9-11)20-16(21)10-24-19(23)15-7-5-6-12(2)18(15)22/h5-9,22H,10H2,1-4H3,(H,20,21). The van der Waals surface area contributed by atoms with Gasteiger partial charge in [-0.2, -0.15) is 0 Å². The summed E-state index contributed by atoms with van der Waals surface area (Å²) in [4.78, 5) is 24.0. The molecule has 0 spiro atoms. The Morgan fingerprint density at radius 3 is 2.29 bits per heavy atom. The third-order valence-corrected chi connectivity index (χ3v) is 3.73. The minimum atomic E-state index is -0.733. The highest BCUT2D eigenvalue weighted by Crippen LogP contribution is 2.23. The van der Waals surface area contributed by atoms with Gasteiger partial charge in [0.15, 0.2) is 6.61 Å². The maximum atomic E-state index is 12.0. The number of para-hydroxylation sites is 1. The van der Waals surface area contributed by atoms with Crippen molar-refractivity contribution in [3.63, 3.8) is 0 Å². The van der Waals surface area contributed by atoms with E-state index in [1.165, 1.54) is 6.07 Å². The second kappa shape index (κ2) is 7.17. The first kappa shape index (κ1) is 17.5. The topological polar surface area (TPSA) is 75.6 Å². The lowest BCUT2D eigenvalue weighted by Crippen LogP contribution is -2.22. The number of anilines is 1. The van der Waals surface area contributed by atoms with E-state index in [1.54, 1.807) is 19.1 Å². The van der Waals surface area contributed by atoms with Gasteiger partial charge < -0.3 is 15.2 Å². The van der Waals surface area contributed by atoms with Gasteiger partial charge in [0.2, 0.25) is 0 Å².